The fourth-order valence-corrected chi connectivity index (χ4v) is 5.28. The van der Waals surface area contributed by atoms with Crippen LogP contribution in [0.25, 0.3) is 5.76 Å². The summed E-state index contributed by atoms with van der Waals surface area (Å²) in [6.07, 6.45) is 2.37. The van der Waals surface area contributed by atoms with E-state index in [9.17, 15) is 14.7 Å². The highest BCUT2D eigenvalue weighted by atomic mass is 16.5. The summed E-state index contributed by atoms with van der Waals surface area (Å²) >= 11 is 0. The second-order valence-electron chi connectivity index (χ2n) is 9.71. The van der Waals surface area contributed by atoms with Gasteiger partial charge in [-0.15, -0.1) is 0 Å². The van der Waals surface area contributed by atoms with Gasteiger partial charge >= 0.3 is 0 Å². The van der Waals surface area contributed by atoms with Crippen molar-refractivity contribution in [3.05, 3.63) is 77.4 Å². The molecule has 37 heavy (non-hydrogen) atoms. The molecular formula is C29H32N2O6. The Balaban J connectivity index is 1.54. The van der Waals surface area contributed by atoms with E-state index < -0.39 is 23.5 Å². The van der Waals surface area contributed by atoms with Crippen molar-refractivity contribution in [1.29, 1.82) is 0 Å². The predicted molar refractivity (Wildman–Crippen MR) is 135 cm³/mol. The Morgan fingerprint density at radius 2 is 2.03 bits per heavy atom. The van der Waals surface area contributed by atoms with Crippen LogP contribution < -0.4 is 19.5 Å². The molecule has 0 saturated carbocycles. The van der Waals surface area contributed by atoms with E-state index in [0.717, 1.165) is 24.4 Å². The van der Waals surface area contributed by atoms with E-state index in [1.807, 2.05) is 19.1 Å². The molecule has 0 aromatic heterocycles. The van der Waals surface area contributed by atoms with Crippen molar-refractivity contribution < 1.29 is 33.8 Å². The number of nitrogens with one attached hydrogen (secondary N) is 1. The smallest absolute Gasteiger partial charge is 0.295 e. The molecule has 2 fully saturated rings. The summed E-state index contributed by atoms with van der Waals surface area (Å²) in [6.45, 7) is 10.0. The number of ether oxygens (including phenoxy) is 3. The van der Waals surface area contributed by atoms with Crippen LogP contribution in [0.1, 0.15) is 29.7 Å². The number of carbonyl (C=O) groups excluding carboxylic acids is 2. The summed E-state index contributed by atoms with van der Waals surface area (Å²) in [5.74, 6) is -0.476. The number of carbonyl (C=O) groups is 2. The minimum atomic E-state index is -0.788. The molecule has 2 aromatic rings. The molecule has 3 aliphatic rings. The Hall–Kier alpha value is -3.62. The maximum absolute atomic E-state index is 13.8. The van der Waals surface area contributed by atoms with E-state index in [0.29, 0.717) is 56.2 Å². The first-order valence-electron chi connectivity index (χ1n) is 12.8. The number of fused-ring (bicyclic) bond motifs is 1. The van der Waals surface area contributed by atoms with Gasteiger partial charge in [-0.05, 0) is 47.9 Å². The number of hydrogen-bond donors (Lipinski definition) is 1. The maximum Gasteiger partial charge on any atom is 0.295 e. The number of ketones is 1. The van der Waals surface area contributed by atoms with Crippen LogP contribution in [0, 0.1) is 0 Å². The lowest BCUT2D eigenvalue weighted by atomic mass is 9.94. The van der Waals surface area contributed by atoms with Crippen LogP contribution in [-0.2, 0) is 20.7 Å². The first kappa shape index (κ1) is 25.0. The van der Waals surface area contributed by atoms with Gasteiger partial charge in [-0.25, -0.2) is 0 Å². The van der Waals surface area contributed by atoms with Crippen LogP contribution in [0.4, 0.5) is 0 Å². The third-order valence-electron chi connectivity index (χ3n) is 7.14. The molecule has 2 unspecified atom stereocenters. The highest BCUT2D eigenvalue weighted by Crippen LogP contribution is 2.40. The number of Topliss-reactive ketones (excluding diaryl/α,β-unsaturated/α-hetero) is 1. The Morgan fingerprint density at radius 1 is 1.22 bits per heavy atom. The zero-order valence-corrected chi connectivity index (χ0v) is 21.0. The van der Waals surface area contributed by atoms with Crippen molar-refractivity contribution in [2.24, 2.45) is 0 Å². The van der Waals surface area contributed by atoms with E-state index in [4.69, 9.17) is 14.2 Å². The molecule has 1 N–H and O–H groups in total. The van der Waals surface area contributed by atoms with E-state index in [2.05, 4.69) is 6.58 Å². The molecule has 1 amide bonds. The largest absolute Gasteiger partial charge is 0.872 e. The molecule has 0 bridgehead atoms. The fraction of sp³-hybridized carbons (Fsp3) is 0.379. The van der Waals surface area contributed by atoms with Gasteiger partial charge in [0.2, 0.25) is 5.78 Å². The highest BCUT2D eigenvalue weighted by Gasteiger charge is 2.44. The monoisotopic (exact) mass is 504 g/mol. The summed E-state index contributed by atoms with van der Waals surface area (Å²) in [5.41, 5.74) is 1.96. The number of amides is 1. The zero-order chi connectivity index (χ0) is 25.9. The molecule has 5 rings (SSSR count). The van der Waals surface area contributed by atoms with Crippen LogP contribution in [0.5, 0.6) is 11.5 Å². The average Bonchev–Trinajstić information content (AvgIpc) is 3.41. The first-order valence-corrected chi connectivity index (χ1v) is 12.8. The van der Waals surface area contributed by atoms with Gasteiger partial charge in [-0.1, -0.05) is 36.6 Å². The average molecular weight is 505 g/mol. The Kier molecular flexibility index (Phi) is 7.30. The Morgan fingerprint density at radius 3 is 2.81 bits per heavy atom. The van der Waals surface area contributed by atoms with E-state index in [1.165, 1.54) is 4.90 Å². The van der Waals surface area contributed by atoms with Gasteiger partial charge in [0.1, 0.15) is 37.3 Å². The Labute approximate surface area is 216 Å². The second-order valence-corrected chi connectivity index (χ2v) is 9.71. The molecule has 194 valence electrons. The van der Waals surface area contributed by atoms with Crippen LogP contribution in [0.2, 0.25) is 0 Å². The van der Waals surface area contributed by atoms with Gasteiger partial charge in [-0.2, -0.15) is 0 Å². The molecule has 3 heterocycles. The fourth-order valence-electron chi connectivity index (χ4n) is 5.28. The van der Waals surface area contributed by atoms with Crippen molar-refractivity contribution in [1.82, 2.24) is 4.90 Å². The normalized spacial score (nSPS) is 23.1. The van der Waals surface area contributed by atoms with Gasteiger partial charge in [0.15, 0.2) is 0 Å². The van der Waals surface area contributed by atoms with Gasteiger partial charge in [-0.3, -0.25) is 9.59 Å². The minimum Gasteiger partial charge on any atom is -0.872 e. The number of morpholine rings is 1. The van der Waals surface area contributed by atoms with Gasteiger partial charge in [0.25, 0.3) is 5.91 Å². The van der Waals surface area contributed by atoms with Gasteiger partial charge in [0.05, 0.1) is 32.3 Å². The van der Waals surface area contributed by atoms with E-state index >= 15 is 0 Å². The summed E-state index contributed by atoms with van der Waals surface area (Å²) in [6, 6.07) is 11.7. The molecule has 3 aliphatic heterocycles. The third-order valence-corrected chi connectivity index (χ3v) is 7.14. The number of likely N-dealkylation sites (tertiary alicyclic amines) is 1. The van der Waals surface area contributed by atoms with Crippen molar-refractivity contribution in [3.63, 3.8) is 0 Å². The number of rotatable bonds is 8. The molecule has 2 aromatic carbocycles. The highest BCUT2D eigenvalue weighted by molar-refractivity contribution is 6.46. The SMILES string of the molecule is C=CCOc1cccc(C2C(=C([O-])c3ccc4c(c3)CC(C)O4)C(=O)C(=O)N2CC[NH+]2CCOCC2)c1. The first-order chi connectivity index (χ1) is 18.0. The Bertz CT molecular complexity index is 1230. The molecule has 0 aliphatic carbocycles. The van der Waals surface area contributed by atoms with Crippen molar-refractivity contribution in [2.45, 2.75) is 25.5 Å². The summed E-state index contributed by atoms with van der Waals surface area (Å²) < 4.78 is 16.9. The molecule has 2 atom stereocenters. The number of benzene rings is 2. The molecule has 0 spiro atoms. The van der Waals surface area contributed by atoms with Crippen LogP contribution >= 0.6 is 0 Å². The van der Waals surface area contributed by atoms with E-state index in [-0.39, 0.29) is 11.7 Å². The van der Waals surface area contributed by atoms with Crippen molar-refractivity contribution >= 4 is 17.4 Å². The lowest BCUT2D eigenvalue weighted by molar-refractivity contribution is -0.907. The summed E-state index contributed by atoms with van der Waals surface area (Å²) in [7, 11) is 0. The molecule has 0 radical (unpaired) electrons. The lowest BCUT2D eigenvalue weighted by Gasteiger charge is -2.30. The zero-order valence-electron chi connectivity index (χ0n) is 21.0. The van der Waals surface area contributed by atoms with Crippen molar-refractivity contribution in [2.75, 3.05) is 46.0 Å². The van der Waals surface area contributed by atoms with Crippen LogP contribution in [0.3, 0.4) is 0 Å². The number of nitrogens with zero attached hydrogens (tertiary/aromatic N) is 1. The van der Waals surface area contributed by atoms with Gasteiger partial charge in [0, 0.05) is 12.0 Å². The minimum absolute atomic E-state index is 0.0187. The van der Waals surface area contributed by atoms with Crippen LogP contribution in [0.15, 0.2) is 60.7 Å². The standard InChI is InChI=1S/C29H32N2O6/c1-3-13-36-23-6-4-5-20(18-23)26-25(27(32)21-7-8-24-22(17-21)16-19(2)37-24)28(33)29(34)31(26)10-9-30-11-14-35-15-12-30/h3-8,17-19,26,32H,1,9-16H2,2H3. The lowest BCUT2D eigenvalue weighted by Crippen LogP contribution is -3.14. The maximum atomic E-state index is 13.8. The van der Waals surface area contributed by atoms with E-state index in [1.54, 1.807) is 41.3 Å². The quantitative estimate of drug-likeness (QED) is 0.247. The molecule has 2 saturated heterocycles. The molecule has 8 heteroatoms. The molecule has 8 nitrogen and oxygen atoms in total. The third kappa shape index (κ3) is 5.12. The summed E-state index contributed by atoms with van der Waals surface area (Å²) in [5, 5.41) is 13.8. The number of quaternary nitrogens is 1. The topological polar surface area (TPSA) is 92.6 Å². The van der Waals surface area contributed by atoms with Crippen LogP contribution in [-0.4, -0.2) is 68.7 Å². The van der Waals surface area contributed by atoms with Gasteiger partial charge < -0.3 is 29.1 Å². The second kappa shape index (κ2) is 10.8. The predicted octanol–water partition coefficient (Wildman–Crippen LogP) is 0.714. The molecular weight excluding hydrogens is 472 g/mol. The van der Waals surface area contributed by atoms with Crippen molar-refractivity contribution in [3.8, 4) is 11.5 Å². The number of hydrogen-bond acceptors (Lipinski definition) is 6. The summed E-state index contributed by atoms with van der Waals surface area (Å²) in [4.78, 5) is 29.5.